The number of halogens is 1. The first-order valence-corrected chi connectivity index (χ1v) is 11.6. The van der Waals surface area contributed by atoms with Crippen molar-refractivity contribution in [3.8, 4) is 0 Å². The number of pyridine rings is 2. The lowest BCUT2D eigenvalue weighted by atomic mass is 9.97. The monoisotopic (exact) mass is 488 g/mol. The van der Waals surface area contributed by atoms with Gasteiger partial charge in [-0.2, -0.15) is 0 Å². The summed E-state index contributed by atoms with van der Waals surface area (Å²) < 4.78 is 5.59. The normalized spacial score (nSPS) is 15.5. The number of alkyl halides is 1. The van der Waals surface area contributed by atoms with Crippen LogP contribution in [0.5, 0.6) is 0 Å². The van der Waals surface area contributed by atoms with Gasteiger partial charge in [0.2, 0.25) is 5.91 Å². The van der Waals surface area contributed by atoms with Crippen LogP contribution in [0.4, 0.5) is 5.82 Å². The highest BCUT2D eigenvalue weighted by atomic mass is 35.5. The predicted molar refractivity (Wildman–Crippen MR) is 135 cm³/mol. The van der Waals surface area contributed by atoms with E-state index in [2.05, 4.69) is 15.3 Å². The van der Waals surface area contributed by atoms with E-state index in [0.717, 1.165) is 16.8 Å². The molecule has 0 fully saturated rings. The largest absolute Gasteiger partial charge is 0.460 e. The molecule has 35 heavy (non-hydrogen) atoms. The van der Waals surface area contributed by atoms with Gasteiger partial charge in [0.15, 0.2) is 5.92 Å². The number of esters is 1. The van der Waals surface area contributed by atoms with Crippen molar-refractivity contribution in [2.75, 3.05) is 11.4 Å². The topological polar surface area (TPSA) is 84.4 Å². The third kappa shape index (κ3) is 6.33. The third-order valence-corrected chi connectivity index (χ3v) is 5.68. The maximum absolute atomic E-state index is 14.0. The number of hydrogen-bond acceptors (Lipinski definition) is 6. The third-order valence-electron chi connectivity index (χ3n) is 5.41. The molecule has 2 atom stereocenters. The van der Waals surface area contributed by atoms with Gasteiger partial charge in [-0.15, -0.1) is 0 Å². The lowest BCUT2D eigenvalue weighted by molar-refractivity contribution is -0.149. The van der Waals surface area contributed by atoms with Crippen LogP contribution >= 0.6 is 11.6 Å². The van der Waals surface area contributed by atoms with Gasteiger partial charge in [-0.1, -0.05) is 60.1 Å². The van der Waals surface area contributed by atoms with Crippen LogP contribution in [0.2, 0.25) is 0 Å². The summed E-state index contributed by atoms with van der Waals surface area (Å²) in [6.07, 6.45) is 8.64. The van der Waals surface area contributed by atoms with Gasteiger partial charge >= 0.3 is 5.97 Å². The van der Waals surface area contributed by atoms with E-state index < -0.39 is 17.8 Å². The van der Waals surface area contributed by atoms with Crippen LogP contribution in [0.3, 0.4) is 0 Å². The zero-order chi connectivity index (χ0) is 24.6. The molecule has 8 heteroatoms. The van der Waals surface area contributed by atoms with Gasteiger partial charge < -0.3 is 10.1 Å². The molecular formula is C27H25ClN4O3. The molecule has 3 aromatic rings. The molecule has 1 N–H and O–H groups in total. The number of carbonyl (C=O) groups excluding carboxylic acids is 2. The highest BCUT2D eigenvalue weighted by Gasteiger charge is 2.35. The number of dihydropyridines is 1. The van der Waals surface area contributed by atoms with E-state index in [1.54, 1.807) is 67.1 Å². The molecule has 0 saturated carbocycles. The number of aryl methyl sites for hydroxylation is 1. The second-order valence-electron chi connectivity index (χ2n) is 8.02. The number of hydrogen-bond donors (Lipinski definition) is 1. The summed E-state index contributed by atoms with van der Waals surface area (Å²) in [5.74, 6) is -1.83. The summed E-state index contributed by atoms with van der Waals surface area (Å²) in [5.41, 5.74) is 2.64. The second kappa shape index (κ2) is 11.4. The fourth-order valence-corrected chi connectivity index (χ4v) is 3.70. The molecule has 0 aliphatic carbocycles. The molecule has 0 spiro atoms. The van der Waals surface area contributed by atoms with Crippen molar-refractivity contribution in [1.29, 1.82) is 0 Å². The van der Waals surface area contributed by atoms with E-state index in [1.807, 2.05) is 31.2 Å². The first-order valence-electron chi connectivity index (χ1n) is 11.1. The lowest BCUT2D eigenvalue weighted by Crippen LogP contribution is -2.41. The summed E-state index contributed by atoms with van der Waals surface area (Å²) in [4.78, 5) is 37.4. The van der Waals surface area contributed by atoms with Crippen LogP contribution < -0.4 is 10.2 Å². The molecule has 2 aromatic heterocycles. The number of nitrogens with zero attached hydrogens (tertiary/aromatic N) is 3. The van der Waals surface area contributed by atoms with Crippen molar-refractivity contribution in [3.05, 3.63) is 114 Å². The summed E-state index contributed by atoms with van der Waals surface area (Å²) >= 11 is 6.06. The lowest BCUT2D eigenvalue weighted by Gasteiger charge is -2.27. The SMILES string of the molecule is Cc1ccc(COC(=O)C(C(=O)N(CC2=CNC(Cl)C=C2)c2ccccn2)c2ccccc2)cn1. The van der Waals surface area contributed by atoms with Gasteiger partial charge in [0.1, 0.15) is 17.9 Å². The molecule has 4 rings (SSSR count). The Morgan fingerprint density at radius 1 is 1.09 bits per heavy atom. The molecule has 7 nitrogen and oxygen atoms in total. The average Bonchev–Trinajstić information content (AvgIpc) is 2.89. The summed E-state index contributed by atoms with van der Waals surface area (Å²) in [6.45, 7) is 2.09. The molecule has 0 radical (unpaired) electrons. The number of anilines is 1. The van der Waals surface area contributed by atoms with Crippen LogP contribution in [0.25, 0.3) is 0 Å². The smallest absolute Gasteiger partial charge is 0.323 e. The number of nitrogens with one attached hydrogen (secondary N) is 1. The highest BCUT2D eigenvalue weighted by Crippen LogP contribution is 2.25. The van der Waals surface area contributed by atoms with Crippen molar-refractivity contribution in [2.45, 2.75) is 24.9 Å². The number of rotatable bonds is 8. The van der Waals surface area contributed by atoms with Gasteiger partial charge in [0, 0.05) is 29.9 Å². The quantitative estimate of drug-likeness (QED) is 0.221. The Bertz CT molecular complexity index is 1210. The Balaban J connectivity index is 1.63. The fourth-order valence-electron chi connectivity index (χ4n) is 3.57. The van der Waals surface area contributed by atoms with Crippen molar-refractivity contribution in [2.24, 2.45) is 0 Å². The highest BCUT2D eigenvalue weighted by molar-refractivity contribution is 6.21. The van der Waals surface area contributed by atoms with Gasteiger partial charge in [-0.3, -0.25) is 19.5 Å². The number of aromatic nitrogens is 2. The standard InChI is InChI=1S/C27H25ClN4O3/c1-19-10-11-21(16-30-19)18-35-27(34)25(22-7-3-2-4-8-22)26(33)32(24-9-5-6-14-29-24)17-20-12-13-23(28)31-15-20/h2-16,23,25,31H,17-18H2,1H3. The Morgan fingerprint density at radius 2 is 1.89 bits per heavy atom. The average molecular weight is 489 g/mol. The minimum atomic E-state index is -1.17. The molecule has 0 saturated heterocycles. The van der Waals surface area contributed by atoms with Crippen LogP contribution in [-0.2, 0) is 20.9 Å². The molecule has 1 aliphatic rings. The number of amides is 1. The van der Waals surface area contributed by atoms with Gasteiger partial charge in [-0.25, -0.2) is 4.98 Å². The Hall–Kier alpha value is -3.97. The van der Waals surface area contributed by atoms with Crippen molar-refractivity contribution in [3.63, 3.8) is 0 Å². The molecule has 1 aromatic carbocycles. The zero-order valence-corrected chi connectivity index (χ0v) is 19.9. The van der Waals surface area contributed by atoms with Crippen molar-refractivity contribution in [1.82, 2.24) is 15.3 Å². The van der Waals surface area contributed by atoms with E-state index in [9.17, 15) is 9.59 Å². The molecule has 1 amide bonds. The van der Waals surface area contributed by atoms with Gasteiger partial charge in [0.25, 0.3) is 0 Å². The molecule has 3 heterocycles. The fraction of sp³-hybridized carbons (Fsp3) is 0.185. The van der Waals surface area contributed by atoms with Crippen molar-refractivity contribution >= 4 is 29.3 Å². The number of ether oxygens (including phenoxy) is 1. The van der Waals surface area contributed by atoms with E-state index in [1.165, 1.54) is 4.90 Å². The van der Waals surface area contributed by atoms with Gasteiger partial charge in [-0.05, 0) is 42.3 Å². The Kier molecular flexibility index (Phi) is 7.90. The van der Waals surface area contributed by atoms with E-state index in [-0.39, 0.29) is 18.7 Å². The van der Waals surface area contributed by atoms with Crippen LogP contribution in [-0.4, -0.2) is 33.9 Å². The molecule has 2 unspecified atom stereocenters. The summed E-state index contributed by atoms with van der Waals surface area (Å²) in [7, 11) is 0. The molecular weight excluding hydrogens is 464 g/mol. The molecule has 178 valence electrons. The van der Waals surface area contributed by atoms with E-state index in [4.69, 9.17) is 16.3 Å². The minimum Gasteiger partial charge on any atom is -0.460 e. The van der Waals surface area contributed by atoms with E-state index in [0.29, 0.717) is 11.4 Å². The maximum Gasteiger partial charge on any atom is 0.323 e. The Morgan fingerprint density at radius 3 is 2.54 bits per heavy atom. The maximum atomic E-state index is 14.0. The zero-order valence-electron chi connectivity index (χ0n) is 19.2. The van der Waals surface area contributed by atoms with Crippen LogP contribution in [0, 0.1) is 6.92 Å². The first kappa shape index (κ1) is 24.2. The second-order valence-corrected chi connectivity index (χ2v) is 8.49. The molecule has 0 bridgehead atoms. The van der Waals surface area contributed by atoms with Gasteiger partial charge in [0.05, 0.1) is 6.54 Å². The van der Waals surface area contributed by atoms with Crippen molar-refractivity contribution < 1.29 is 14.3 Å². The number of benzene rings is 1. The first-order chi connectivity index (χ1) is 17.0. The van der Waals surface area contributed by atoms with Crippen LogP contribution in [0.15, 0.2) is 97.0 Å². The van der Waals surface area contributed by atoms with Crippen LogP contribution in [0.1, 0.15) is 22.7 Å². The van der Waals surface area contributed by atoms with E-state index >= 15 is 0 Å². The number of carbonyl (C=O) groups is 2. The predicted octanol–water partition coefficient (Wildman–Crippen LogP) is 4.25. The Labute approximate surface area is 209 Å². The summed E-state index contributed by atoms with van der Waals surface area (Å²) in [6, 6.07) is 17.9. The molecule has 1 aliphatic heterocycles. The minimum absolute atomic E-state index is 0.0151. The summed E-state index contributed by atoms with van der Waals surface area (Å²) in [5, 5.41) is 3.01.